The Bertz CT molecular complexity index is 240. The van der Waals surface area contributed by atoms with Gasteiger partial charge in [-0.05, 0) is 6.92 Å². The van der Waals surface area contributed by atoms with Crippen molar-refractivity contribution in [1.82, 2.24) is 4.90 Å². The minimum Gasteiger partial charge on any atom is -0.478 e. The lowest BCUT2D eigenvalue weighted by atomic mass is 10.2. The van der Waals surface area contributed by atoms with Crippen molar-refractivity contribution in [3.05, 3.63) is 11.6 Å². The summed E-state index contributed by atoms with van der Waals surface area (Å²) in [6.07, 6.45) is 1.80. The molecule has 1 heterocycles. The molecule has 1 atom stereocenters. The third-order valence-corrected chi connectivity index (χ3v) is 3.45. The van der Waals surface area contributed by atoms with Gasteiger partial charge in [-0.2, -0.15) is 11.8 Å². The fraction of sp³-hybridized carbons (Fsp3) is 0.700. The van der Waals surface area contributed by atoms with Crippen molar-refractivity contribution in [2.24, 2.45) is 0 Å². The van der Waals surface area contributed by atoms with Crippen molar-refractivity contribution in [2.75, 3.05) is 25.4 Å². The van der Waals surface area contributed by atoms with Crippen molar-refractivity contribution in [1.29, 1.82) is 0 Å². The van der Waals surface area contributed by atoms with Crippen LogP contribution in [-0.4, -0.2) is 46.6 Å². The standard InChI is InChI=1S/C10H17NO2S/c1-8(10(12)13)3-4-11-5-6-14-9(2)7-11/h3,9H,4-7H2,1-2H3,(H,12,13)/b8-3-. The topological polar surface area (TPSA) is 40.5 Å². The Balaban J connectivity index is 2.37. The van der Waals surface area contributed by atoms with Gasteiger partial charge in [0.2, 0.25) is 0 Å². The highest BCUT2D eigenvalue weighted by Crippen LogP contribution is 2.17. The van der Waals surface area contributed by atoms with Gasteiger partial charge in [-0.3, -0.25) is 4.90 Å². The van der Waals surface area contributed by atoms with E-state index >= 15 is 0 Å². The number of rotatable bonds is 3. The molecule has 1 N–H and O–H groups in total. The van der Waals surface area contributed by atoms with Gasteiger partial charge in [-0.25, -0.2) is 4.79 Å². The maximum atomic E-state index is 10.5. The minimum absolute atomic E-state index is 0.441. The van der Waals surface area contributed by atoms with Gasteiger partial charge in [0.05, 0.1) is 0 Å². The van der Waals surface area contributed by atoms with E-state index in [0.717, 1.165) is 25.4 Å². The van der Waals surface area contributed by atoms with Crippen LogP contribution in [0.4, 0.5) is 0 Å². The molecule has 0 aromatic rings. The van der Waals surface area contributed by atoms with Crippen molar-refractivity contribution < 1.29 is 9.90 Å². The maximum Gasteiger partial charge on any atom is 0.330 e. The molecule has 80 valence electrons. The molecule has 1 aliphatic heterocycles. The number of thioether (sulfide) groups is 1. The summed E-state index contributed by atoms with van der Waals surface area (Å²) in [4.78, 5) is 12.8. The van der Waals surface area contributed by atoms with Crippen LogP contribution >= 0.6 is 11.8 Å². The summed E-state index contributed by atoms with van der Waals surface area (Å²) in [5.74, 6) is 0.339. The summed E-state index contributed by atoms with van der Waals surface area (Å²) >= 11 is 1.98. The van der Waals surface area contributed by atoms with Crippen LogP contribution in [0.3, 0.4) is 0 Å². The first-order chi connectivity index (χ1) is 6.59. The normalized spacial score (nSPS) is 25.0. The highest BCUT2D eigenvalue weighted by Gasteiger charge is 2.15. The minimum atomic E-state index is -0.815. The molecule has 0 spiro atoms. The highest BCUT2D eigenvalue weighted by molar-refractivity contribution is 7.99. The fourth-order valence-electron chi connectivity index (χ4n) is 1.41. The smallest absolute Gasteiger partial charge is 0.330 e. The van der Waals surface area contributed by atoms with E-state index in [1.165, 1.54) is 0 Å². The third-order valence-electron chi connectivity index (χ3n) is 2.32. The SMILES string of the molecule is C/C(=C/CN1CCSC(C)C1)C(=O)O. The van der Waals surface area contributed by atoms with Crippen molar-refractivity contribution in [3.63, 3.8) is 0 Å². The van der Waals surface area contributed by atoms with Gasteiger partial charge >= 0.3 is 5.97 Å². The average Bonchev–Trinajstić information content (AvgIpc) is 2.14. The molecular weight excluding hydrogens is 198 g/mol. The summed E-state index contributed by atoms with van der Waals surface area (Å²) in [6, 6.07) is 0. The number of carbonyl (C=O) groups is 1. The van der Waals surface area contributed by atoms with Gasteiger partial charge < -0.3 is 5.11 Å². The summed E-state index contributed by atoms with van der Waals surface area (Å²) in [5, 5.41) is 9.34. The van der Waals surface area contributed by atoms with Crippen LogP contribution in [-0.2, 0) is 4.79 Å². The van der Waals surface area contributed by atoms with E-state index in [2.05, 4.69) is 11.8 Å². The van der Waals surface area contributed by atoms with Crippen LogP contribution in [0.15, 0.2) is 11.6 Å². The van der Waals surface area contributed by atoms with Crippen LogP contribution in [0.25, 0.3) is 0 Å². The number of hydrogen-bond acceptors (Lipinski definition) is 3. The molecule has 0 radical (unpaired) electrons. The summed E-state index contributed by atoms with van der Waals surface area (Å²) in [6.45, 7) is 6.75. The Hall–Kier alpha value is -0.480. The molecule has 14 heavy (non-hydrogen) atoms. The molecule has 0 aromatic heterocycles. The molecule has 4 heteroatoms. The zero-order valence-corrected chi connectivity index (χ0v) is 9.51. The summed E-state index contributed by atoms with van der Waals surface area (Å²) in [5.41, 5.74) is 0.441. The molecule has 0 bridgehead atoms. The Kier molecular flexibility index (Phi) is 4.48. The van der Waals surface area contributed by atoms with E-state index in [1.807, 2.05) is 11.8 Å². The van der Waals surface area contributed by atoms with E-state index in [0.29, 0.717) is 10.8 Å². The lowest BCUT2D eigenvalue weighted by molar-refractivity contribution is -0.132. The van der Waals surface area contributed by atoms with Crippen LogP contribution in [0.2, 0.25) is 0 Å². The van der Waals surface area contributed by atoms with Gasteiger partial charge in [0.15, 0.2) is 0 Å². The molecule has 0 amide bonds. The zero-order valence-electron chi connectivity index (χ0n) is 8.69. The zero-order chi connectivity index (χ0) is 10.6. The predicted molar refractivity (Wildman–Crippen MR) is 59.8 cm³/mol. The van der Waals surface area contributed by atoms with Crippen molar-refractivity contribution >= 4 is 17.7 Å². The summed E-state index contributed by atoms with van der Waals surface area (Å²) < 4.78 is 0. The Labute approximate surface area is 89.2 Å². The molecule has 1 fully saturated rings. The molecule has 0 aliphatic carbocycles. The summed E-state index contributed by atoms with van der Waals surface area (Å²) in [7, 11) is 0. The third kappa shape index (κ3) is 3.72. The molecule has 1 unspecified atom stereocenters. The lowest BCUT2D eigenvalue weighted by Crippen LogP contribution is -2.36. The van der Waals surface area contributed by atoms with E-state index < -0.39 is 5.97 Å². The van der Waals surface area contributed by atoms with Crippen LogP contribution in [0, 0.1) is 0 Å². The highest BCUT2D eigenvalue weighted by atomic mass is 32.2. The molecule has 1 saturated heterocycles. The monoisotopic (exact) mass is 215 g/mol. The van der Waals surface area contributed by atoms with Gasteiger partial charge in [0.1, 0.15) is 0 Å². The lowest BCUT2D eigenvalue weighted by Gasteiger charge is -2.29. The Morgan fingerprint density at radius 1 is 1.71 bits per heavy atom. The van der Waals surface area contributed by atoms with Crippen molar-refractivity contribution in [2.45, 2.75) is 19.1 Å². The predicted octanol–water partition coefficient (Wildman–Crippen LogP) is 1.45. The maximum absolute atomic E-state index is 10.5. The van der Waals surface area contributed by atoms with E-state index in [1.54, 1.807) is 13.0 Å². The van der Waals surface area contributed by atoms with Crippen LogP contribution < -0.4 is 0 Å². The molecule has 1 rings (SSSR count). The van der Waals surface area contributed by atoms with Crippen LogP contribution in [0.5, 0.6) is 0 Å². The first-order valence-corrected chi connectivity index (χ1v) is 5.88. The number of hydrogen-bond donors (Lipinski definition) is 1. The van der Waals surface area contributed by atoms with E-state index in [4.69, 9.17) is 5.11 Å². The van der Waals surface area contributed by atoms with Crippen molar-refractivity contribution in [3.8, 4) is 0 Å². The van der Waals surface area contributed by atoms with E-state index in [-0.39, 0.29) is 0 Å². The van der Waals surface area contributed by atoms with Crippen LogP contribution in [0.1, 0.15) is 13.8 Å². The van der Waals surface area contributed by atoms with Gasteiger partial charge in [0, 0.05) is 36.2 Å². The van der Waals surface area contributed by atoms with Gasteiger partial charge in [-0.1, -0.05) is 13.0 Å². The molecule has 3 nitrogen and oxygen atoms in total. The number of carboxylic acids is 1. The van der Waals surface area contributed by atoms with E-state index in [9.17, 15) is 4.79 Å². The Morgan fingerprint density at radius 2 is 2.43 bits per heavy atom. The second-order valence-electron chi connectivity index (χ2n) is 3.63. The fourth-order valence-corrected chi connectivity index (χ4v) is 2.49. The first-order valence-electron chi connectivity index (χ1n) is 4.83. The van der Waals surface area contributed by atoms with Gasteiger partial charge in [0.25, 0.3) is 0 Å². The molecule has 1 aliphatic rings. The molecular formula is C10H17NO2S. The Morgan fingerprint density at radius 3 is 3.00 bits per heavy atom. The number of nitrogens with zero attached hydrogens (tertiary/aromatic N) is 1. The second kappa shape index (κ2) is 5.41. The average molecular weight is 215 g/mol. The first kappa shape index (κ1) is 11.6. The molecule has 0 saturated carbocycles. The molecule has 0 aromatic carbocycles. The van der Waals surface area contributed by atoms with Gasteiger partial charge in [-0.15, -0.1) is 0 Å². The quantitative estimate of drug-likeness (QED) is 0.724. The number of carboxylic acid groups (broad SMARTS) is 1. The number of aliphatic carboxylic acids is 1. The second-order valence-corrected chi connectivity index (χ2v) is 5.18. The largest absolute Gasteiger partial charge is 0.478 e.